The average Bonchev–Trinajstić information content (AvgIpc) is 2.60. The fraction of sp³-hybridized carbons (Fsp3) is 0.500. The molecule has 0 aromatic carbocycles. The predicted molar refractivity (Wildman–Crippen MR) is 51.2 cm³/mol. The highest BCUT2D eigenvalue weighted by atomic mass is 16.5. The summed E-state index contributed by atoms with van der Waals surface area (Å²) in [6.45, 7) is 3.43. The molecule has 1 rings (SSSR count). The maximum Gasteiger partial charge on any atom is 0.293 e. The van der Waals surface area contributed by atoms with Crippen molar-refractivity contribution in [3.05, 3.63) is 17.5 Å². The molecule has 1 aromatic heterocycles. The van der Waals surface area contributed by atoms with Crippen molar-refractivity contribution < 1.29 is 20.2 Å². The SMILES string of the molecule is [2H]C(=O)OC(CC)C(=O)Cc1cc(C)on1. The molecule has 1 unspecified atom stereocenters. The molecule has 0 radical (unpaired) electrons. The van der Waals surface area contributed by atoms with E-state index < -0.39 is 12.6 Å². The van der Waals surface area contributed by atoms with E-state index in [0.29, 0.717) is 17.9 Å². The molecular weight excluding hydrogens is 198 g/mol. The van der Waals surface area contributed by atoms with Crippen molar-refractivity contribution in [3.8, 4) is 0 Å². The van der Waals surface area contributed by atoms with E-state index in [9.17, 15) is 9.59 Å². The van der Waals surface area contributed by atoms with Crippen molar-refractivity contribution in [1.29, 1.82) is 0 Å². The number of hydrogen-bond acceptors (Lipinski definition) is 5. The molecular formula is C10H13NO4. The van der Waals surface area contributed by atoms with Crippen LogP contribution in [0.1, 0.15) is 26.2 Å². The Labute approximate surface area is 88.8 Å². The first-order valence-electron chi connectivity index (χ1n) is 5.15. The lowest BCUT2D eigenvalue weighted by Gasteiger charge is -2.09. The van der Waals surface area contributed by atoms with Crippen LogP contribution in [0.3, 0.4) is 0 Å². The Morgan fingerprint density at radius 2 is 2.60 bits per heavy atom. The molecule has 0 amide bonds. The molecule has 5 nitrogen and oxygen atoms in total. The number of nitrogens with zero attached hydrogens (tertiary/aromatic N) is 1. The molecule has 5 heteroatoms. The Bertz CT molecular complexity index is 388. The zero-order chi connectivity index (χ0) is 12.1. The normalized spacial score (nSPS) is 13.1. The highest BCUT2D eigenvalue weighted by Crippen LogP contribution is 2.07. The maximum atomic E-state index is 11.6. The van der Waals surface area contributed by atoms with Gasteiger partial charge in [-0.2, -0.15) is 0 Å². The van der Waals surface area contributed by atoms with Gasteiger partial charge >= 0.3 is 0 Å². The number of hydrogen-bond donors (Lipinski definition) is 0. The second-order valence-electron chi connectivity index (χ2n) is 3.17. The number of carbonyl (C=O) groups is 2. The second kappa shape index (κ2) is 5.29. The standard InChI is InChI=1S/C10H13NO4/c1-3-10(14-6-12)9(13)5-8-4-7(2)15-11-8/h4,6,10H,3,5H2,1-2H3/i6D. The maximum absolute atomic E-state index is 11.6. The predicted octanol–water partition coefficient (Wildman–Crippen LogP) is 1.05. The van der Waals surface area contributed by atoms with Gasteiger partial charge in [-0.1, -0.05) is 12.1 Å². The molecule has 0 bridgehead atoms. The van der Waals surface area contributed by atoms with E-state index in [-0.39, 0.29) is 12.2 Å². The fourth-order valence-corrected chi connectivity index (χ4v) is 1.23. The molecule has 0 spiro atoms. The number of Topliss-reactive ketones (excluding diaryl/α,β-unsaturated/α-hetero) is 1. The zero-order valence-electron chi connectivity index (χ0n) is 9.65. The average molecular weight is 212 g/mol. The molecule has 0 saturated carbocycles. The zero-order valence-corrected chi connectivity index (χ0v) is 8.65. The van der Waals surface area contributed by atoms with Crippen LogP contribution in [0.15, 0.2) is 10.6 Å². The Morgan fingerprint density at radius 3 is 3.07 bits per heavy atom. The van der Waals surface area contributed by atoms with Crippen molar-refractivity contribution in [2.45, 2.75) is 32.8 Å². The first kappa shape index (κ1) is 9.89. The van der Waals surface area contributed by atoms with E-state index >= 15 is 0 Å². The third kappa shape index (κ3) is 3.19. The third-order valence-corrected chi connectivity index (χ3v) is 1.95. The third-order valence-electron chi connectivity index (χ3n) is 1.95. The summed E-state index contributed by atoms with van der Waals surface area (Å²) >= 11 is 0. The van der Waals surface area contributed by atoms with Gasteiger partial charge in [0, 0.05) is 6.07 Å². The molecule has 1 aromatic rings. The minimum atomic E-state index is -1.20. The van der Waals surface area contributed by atoms with Gasteiger partial charge in [-0.25, -0.2) is 0 Å². The van der Waals surface area contributed by atoms with Gasteiger partial charge in [0.15, 0.2) is 13.3 Å². The number of carbonyl (C=O) groups excluding carboxylic acids is 2. The second-order valence-corrected chi connectivity index (χ2v) is 3.17. The van der Waals surface area contributed by atoms with Gasteiger partial charge in [-0.15, -0.1) is 0 Å². The van der Waals surface area contributed by atoms with Gasteiger partial charge in [-0.05, 0) is 13.3 Å². The Balaban J connectivity index is 2.59. The molecule has 1 heterocycles. The molecule has 0 fully saturated rings. The molecule has 0 aliphatic carbocycles. The summed E-state index contributed by atoms with van der Waals surface area (Å²) in [6.07, 6.45) is -1.68. The van der Waals surface area contributed by atoms with Crippen LogP contribution in [0.2, 0.25) is 0 Å². The molecule has 82 valence electrons. The number of rotatable bonds is 5. The van der Waals surface area contributed by atoms with E-state index in [1.54, 1.807) is 19.9 Å². The lowest BCUT2D eigenvalue weighted by Crippen LogP contribution is -2.24. The number of ketones is 1. The Kier molecular flexibility index (Phi) is 3.48. The van der Waals surface area contributed by atoms with Crippen LogP contribution in [-0.4, -0.2) is 23.5 Å². The van der Waals surface area contributed by atoms with Crippen molar-refractivity contribution in [2.24, 2.45) is 0 Å². The highest BCUT2D eigenvalue weighted by molar-refractivity contribution is 5.85. The number of aryl methyl sites for hydroxylation is 1. The number of ether oxygens (including phenoxy) is 1. The van der Waals surface area contributed by atoms with Crippen LogP contribution in [0.25, 0.3) is 0 Å². The minimum Gasteiger partial charge on any atom is -0.457 e. The van der Waals surface area contributed by atoms with Gasteiger partial charge in [0.05, 0.1) is 12.1 Å². The monoisotopic (exact) mass is 212 g/mol. The molecule has 0 aliphatic rings. The van der Waals surface area contributed by atoms with Crippen molar-refractivity contribution in [1.82, 2.24) is 5.16 Å². The van der Waals surface area contributed by atoms with E-state index in [1.807, 2.05) is 0 Å². The lowest BCUT2D eigenvalue weighted by molar-refractivity contribution is -0.143. The summed E-state index contributed by atoms with van der Waals surface area (Å²) in [6, 6.07) is 1.65. The van der Waals surface area contributed by atoms with Gasteiger partial charge in [0.1, 0.15) is 5.76 Å². The Morgan fingerprint density at radius 1 is 1.87 bits per heavy atom. The van der Waals surface area contributed by atoms with Crippen LogP contribution >= 0.6 is 0 Å². The topological polar surface area (TPSA) is 69.4 Å². The minimum absolute atomic E-state index is 0.0448. The van der Waals surface area contributed by atoms with Gasteiger partial charge < -0.3 is 9.26 Å². The van der Waals surface area contributed by atoms with E-state index in [4.69, 9.17) is 5.89 Å². The lowest BCUT2D eigenvalue weighted by atomic mass is 10.1. The molecule has 0 aliphatic heterocycles. The largest absolute Gasteiger partial charge is 0.457 e. The summed E-state index contributed by atoms with van der Waals surface area (Å²) in [7, 11) is 0. The highest BCUT2D eigenvalue weighted by Gasteiger charge is 2.19. The van der Waals surface area contributed by atoms with Crippen molar-refractivity contribution in [3.63, 3.8) is 0 Å². The van der Waals surface area contributed by atoms with E-state index in [0.717, 1.165) is 0 Å². The quantitative estimate of drug-likeness (QED) is 0.682. The van der Waals surface area contributed by atoms with Gasteiger partial charge in [-0.3, -0.25) is 9.59 Å². The summed E-state index contributed by atoms with van der Waals surface area (Å²) in [5.74, 6) is 0.338. The van der Waals surface area contributed by atoms with Crippen LogP contribution in [0, 0.1) is 6.92 Å². The summed E-state index contributed by atoms with van der Waals surface area (Å²) in [4.78, 5) is 22.1. The molecule has 15 heavy (non-hydrogen) atoms. The van der Waals surface area contributed by atoms with Crippen LogP contribution in [0.4, 0.5) is 0 Å². The molecule has 0 saturated heterocycles. The number of aromatic nitrogens is 1. The van der Waals surface area contributed by atoms with Crippen molar-refractivity contribution >= 4 is 12.2 Å². The van der Waals surface area contributed by atoms with Gasteiger partial charge in [0.25, 0.3) is 6.45 Å². The van der Waals surface area contributed by atoms with E-state index in [2.05, 4.69) is 9.89 Å². The first-order valence-corrected chi connectivity index (χ1v) is 4.65. The smallest absolute Gasteiger partial charge is 0.293 e. The van der Waals surface area contributed by atoms with Crippen LogP contribution in [-0.2, 0) is 20.7 Å². The Hall–Kier alpha value is -1.65. The first-order chi connectivity index (χ1) is 7.52. The summed E-state index contributed by atoms with van der Waals surface area (Å²) < 4.78 is 16.0. The van der Waals surface area contributed by atoms with Crippen LogP contribution < -0.4 is 0 Å². The van der Waals surface area contributed by atoms with Crippen molar-refractivity contribution in [2.75, 3.05) is 0 Å². The summed E-state index contributed by atoms with van der Waals surface area (Å²) in [5.41, 5.74) is 0.502. The fourth-order valence-electron chi connectivity index (χ4n) is 1.23. The molecule has 0 N–H and O–H groups in total. The van der Waals surface area contributed by atoms with E-state index in [1.165, 1.54) is 0 Å². The van der Waals surface area contributed by atoms with Gasteiger partial charge in [0.2, 0.25) is 0 Å². The van der Waals surface area contributed by atoms with Crippen LogP contribution in [0.5, 0.6) is 0 Å². The summed E-state index contributed by atoms with van der Waals surface area (Å²) in [5, 5.41) is 3.67. The molecule has 1 atom stereocenters.